The molecule has 27 heavy (non-hydrogen) atoms. The summed E-state index contributed by atoms with van der Waals surface area (Å²) in [7, 11) is 1.87. The molecule has 3 aromatic rings. The van der Waals surface area contributed by atoms with Gasteiger partial charge in [0, 0.05) is 18.5 Å². The quantitative estimate of drug-likeness (QED) is 0.541. The van der Waals surface area contributed by atoms with Gasteiger partial charge in [-0.2, -0.15) is 0 Å². The monoisotopic (exact) mass is 440 g/mol. The molecule has 1 amide bonds. The maximum absolute atomic E-state index is 12.2. The van der Waals surface area contributed by atoms with Crippen LogP contribution in [0.2, 0.25) is 15.1 Å². The van der Waals surface area contributed by atoms with Crippen molar-refractivity contribution in [3.05, 3.63) is 68.9 Å². The first-order valence-corrected chi connectivity index (χ1v) is 10.1. The van der Waals surface area contributed by atoms with Gasteiger partial charge in [-0.15, -0.1) is 10.2 Å². The van der Waals surface area contributed by atoms with E-state index in [0.29, 0.717) is 32.3 Å². The maximum atomic E-state index is 12.2. The first kappa shape index (κ1) is 20.0. The minimum absolute atomic E-state index is 0.176. The van der Waals surface area contributed by atoms with Crippen molar-refractivity contribution in [2.75, 3.05) is 11.1 Å². The van der Waals surface area contributed by atoms with Crippen molar-refractivity contribution in [2.24, 2.45) is 7.05 Å². The number of thioether (sulfide) groups is 1. The Morgan fingerprint density at radius 1 is 1.11 bits per heavy atom. The van der Waals surface area contributed by atoms with E-state index in [9.17, 15) is 4.79 Å². The average Bonchev–Trinajstić information content (AvgIpc) is 2.99. The molecule has 0 bridgehead atoms. The van der Waals surface area contributed by atoms with Gasteiger partial charge < -0.3 is 9.88 Å². The second-order valence-corrected chi connectivity index (χ2v) is 7.86. The Morgan fingerprint density at radius 3 is 2.59 bits per heavy atom. The summed E-state index contributed by atoms with van der Waals surface area (Å²) in [6, 6.07) is 12.7. The standard InChI is InChI=1S/C18H15Cl3N4OS/c1-25-15(9-11-5-7-12(19)8-6-11)23-24-18(25)27-10-16(26)22-14-4-2-3-13(20)17(14)21/h2-8H,9-10H2,1H3,(H,22,26). The summed E-state index contributed by atoms with van der Waals surface area (Å²) in [6.45, 7) is 0. The van der Waals surface area contributed by atoms with E-state index in [-0.39, 0.29) is 11.7 Å². The van der Waals surface area contributed by atoms with Gasteiger partial charge in [-0.3, -0.25) is 4.79 Å². The highest BCUT2D eigenvalue weighted by Crippen LogP contribution is 2.29. The van der Waals surface area contributed by atoms with Gasteiger partial charge in [0.1, 0.15) is 5.82 Å². The molecule has 0 aliphatic rings. The number of nitrogens with one attached hydrogen (secondary N) is 1. The average molecular weight is 442 g/mol. The number of halogens is 3. The van der Waals surface area contributed by atoms with Gasteiger partial charge in [0.25, 0.3) is 0 Å². The van der Waals surface area contributed by atoms with Gasteiger partial charge in [-0.25, -0.2) is 0 Å². The van der Waals surface area contributed by atoms with Gasteiger partial charge in [0.05, 0.1) is 21.5 Å². The second-order valence-electron chi connectivity index (χ2n) is 5.70. The van der Waals surface area contributed by atoms with Crippen LogP contribution in [0.15, 0.2) is 47.6 Å². The van der Waals surface area contributed by atoms with Crippen LogP contribution in [0.4, 0.5) is 5.69 Å². The van der Waals surface area contributed by atoms with Crippen molar-refractivity contribution in [3.8, 4) is 0 Å². The van der Waals surface area contributed by atoms with E-state index in [1.165, 1.54) is 11.8 Å². The predicted octanol–water partition coefficient (Wildman–Crippen LogP) is 5.10. The predicted molar refractivity (Wildman–Crippen MR) is 111 cm³/mol. The topological polar surface area (TPSA) is 59.8 Å². The molecule has 0 atom stereocenters. The molecule has 1 aromatic heterocycles. The van der Waals surface area contributed by atoms with Crippen LogP contribution >= 0.6 is 46.6 Å². The van der Waals surface area contributed by atoms with Gasteiger partial charge in [-0.05, 0) is 29.8 Å². The van der Waals surface area contributed by atoms with Crippen molar-refractivity contribution in [2.45, 2.75) is 11.6 Å². The fourth-order valence-corrected chi connectivity index (χ4v) is 3.53. The Balaban J connectivity index is 1.60. The van der Waals surface area contributed by atoms with E-state index in [0.717, 1.165) is 11.4 Å². The number of amides is 1. The van der Waals surface area contributed by atoms with Crippen LogP contribution in [-0.4, -0.2) is 26.4 Å². The van der Waals surface area contributed by atoms with E-state index in [1.54, 1.807) is 18.2 Å². The lowest BCUT2D eigenvalue weighted by Crippen LogP contribution is -2.15. The number of hydrogen-bond donors (Lipinski definition) is 1. The third kappa shape index (κ3) is 5.17. The van der Waals surface area contributed by atoms with E-state index in [4.69, 9.17) is 34.8 Å². The van der Waals surface area contributed by atoms with E-state index in [2.05, 4.69) is 15.5 Å². The van der Waals surface area contributed by atoms with Gasteiger partial charge in [0.2, 0.25) is 5.91 Å². The second kappa shape index (κ2) is 8.97. The lowest BCUT2D eigenvalue weighted by Gasteiger charge is -2.08. The third-order valence-electron chi connectivity index (χ3n) is 3.76. The highest BCUT2D eigenvalue weighted by molar-refractivity contribution is 7.99. The number of nitrogens with zero attached hydrogens (tertiary/aromatic N) is 3. The zero-order chi connectivity index (χ0) is 19.4. The minimum atomic E-state index is -0.202. The number of benzene rings is 2. The normalized spacial score (nSPS) is 10.8. The fourth-order valence-electron chi connectivity index (χ4n) is 2.33. The minimum Gasteiger partial charge on any atom is -0.324 e. The van der Waals surface area contributed by atoms with Crippen LogP contribution in [-0.2, 0) is 18.3 Å². The lowest BCUT2D eigenvalue weighted by molar-refractivity contribution is -0.113. The fraction of sp³-hybridized carbons (Fsp3) is 0.167. The molecule has 140 valence electrons. The molecule has 0 radical (unpaired) electrons. The van der Waals surface area contributed by atoms with Crippen LogP contribution in [0.5, 0.6) is 0 Å². The van der Waals surface area contributed by atoms with Gasteiger partial charge in [-0.1, -0.05) is 64.8 Å². The van der Waals surface area contributed by atoms with Crippen LogP contribution in [0, 0.1) is 0 Å². The van der Waals surface area contributed by atoms with E-state index < -0.39 is 0 Å². The molecule has 0 saturated carbocycles. The first-order valence-electron chi connectivity index (χ1n) is 7.93. The molecule has 3 rings (SSSR count). The number of aromatic nitrogens is 3. The molecule has 0 saturated heterocycles. The molecular weight excluding hydrogens is 427 g/mol. The zero-order valence-corrected chi connectivity index (χ0v) is 17.3. The summed E-state index contributed by atoms with van der Waals surface area (Å²) in [6.07, 6.45) is 0.631. The molecule has 1 heterocycles. The van der Waals surface area contributed by atoms with Gasteiger partial charge >= 0.3 is 0 Å². The highest BCUT2D eigenvalue weighted by Gasteiger charge is 2.13. The lowest BCUT2D eigenvalue weighted by atomic mass is 10.1. The smallest absolute Gasteiger partial charge is 0.234 e. The number of carbonyl (C=O) groups excluding carboxylic acids is 1. The SMILES string of the molecule is Cn1c(Cc2ccc(Cl)cc2)nnc1SCC(=O)Nc1cccc(Cl)c1Cl. The molecule has 0 aliphatic carbocycles. The molecule has 0 spiro atoms. The highest BCUT2D eigenvalue weighted by atomic mass is 35.5. The Bertz CT molecular complexity index is 960. The number of anilines is 1. The molecule has 1 N–H and O–H groups in total. The first-order chi connectivity index (χ1) is 12.9. The molecule has 0 aliphatic heterocycles. The van der Waals surface area contributed by atoms with E-state index >= 15 is 0 Å². The Labute approximate surface area is 176 Å². The molecule has 5 nitrogen and oxygen atoms in total. The molecule has 9 heteroatoms. The Morgan fingerprint density at radius 2 is 1.85 bits per heavy atom. The summed E-state index contributed by atoms with van der Waals surface area (Å²) in [5.74, 6) is 0.778. The van der Waals surface area contributed by atoms with Crippen molar-refractivity contribution >= 4 is 58.2 Å². The number of rotatable bonds is 6. The molecule has 0 fully saturated rings. The van der Waals surface area contributed by atoms with Crippen molar-refractivity contribution in [1.29, 1.82) is 0 Å². The molecular formula is C18H15Cl3N4OS. The summed E-state index contributed by atoms with van der Waals surface area (Å²) in [5.41, 5.74) is 1.57. The Hall–Kier alpha value is -1.73. The van der Waals surface area contributed by atoms with Crippen molar-refractivity contribution in [1.82, 2.24) is 14.8 Å². The molecule has 0 unspecified atom stereocenters. The number of carbonyl (C=O) groups is 1. The van der Waals surface area contributed by atoms with Crippen LogP contribution in [0.1, 0.15) is 11.4 Å². The molecule has 2 aromatic carbocycles. The third-order valence-corrected chi connectivity index (χ3v) is 5.85. The zero-order valence-electron chi connectivity index (χ0n) is 14.2. The number of hydrogen-bond acceptors (Lipinski definition) is 4. The largest absolute Gasteiger partial charge is 0.324 e. The summed E-state index contributed by atoms with van der Waals surface area (Å²) < 4.78 is 1.87. The summed E-state index contributed by atoms with van der Waals surface area (Å²) >= 11 is 19.2. The summed E-state index contributed by atoms with van der Waals surface area (Å²) in [4.78, 5) is 12.2. The van der Waals surface area contributed by atoms with Crippen molar-refractivity contribution < 1.29 is 4.79 Å². The van der Waals surface area contributed by atoms with Gasteiger partial charge in [0.15, 0.2) is 5.16 Å². The van der Waals surface area contributed by atoms with Crippen LogP contribution in [0.25, 0.3) is 0 Å². The van der Waals surface area contributed by atoms with E-state index in [1.807, 2.05) is 35.9 Å². The van der Waals surface area contributed by atoms with Crippen LogP contribution < -0.4 is 5.32 Å². The Kier molecular flexibility index (Phi) is 6.65. The van der Waals surface area contributed by atoms with Crippen molar-refractivity contribution in [3.63, 3.8) is 0 Å². The van der Waals surface area contributed by atoms with Crippen LogP contribution in [0.3, 0.4) is 0 Å². The summed E-state index contributed by atoms with van der Waals surface area (Å²) in [5, 5.41) is 13.2. The maximum Gasteiger partial charge on any atom is 0.234 e.